The molecule has 0 spiro atoms. The molecular formula is C16H26N2O2. The average molecular weight is 278 g/mol. The van der Waals surface area contributed by atoms with Gasteiger partial charge in [-0.15, -0.1) is 0 Å². The van der Waals surface area contributed by atoms with Crippen LogP contribution in [-0.2, 0) is 10.3 Å². The fourth-order valence-corrected chi connectivity index (χ4v) is 2.92. The SMILES string of the molecule is CN(CC1CCOCC1)CC(N)(CO)c1ccccc1. The van der Waals surface area contributed by atoms with Crippen molar-refractivity contribution in [3.05, 3.63) is 35.9 Å². The Hall–Kier alpha value is -0.940. The smallest absolute Gasteiger partial charge is 0.0772 e. The summed E-state index contributed by atoms with van der Waals surface area (Å²) in [5, 5.41) is 9.72. The molecule has 1 fully saturated rings. The highest BCUT2D eigenvalue weighted by atomic mass is 16.5. The molecule has 4 nitrogen and oxygen atoms in total. The molecule has 0 amide bonds. The quantitative estimate of drug-likeness (QED) is 0.821. The number of nitrogens with zero attached hydrogens (tertiary/aromatic N) is 1. The van der Waals surface area contributed by atoms with Crippen molar-refractivity contribution in [2.24, 2.45) is 11.7 Å². The number of nitrogens with two attached hydrogens (primary N) is 1. The zero-order chi connectivity index (χ0) is 14.4. The molecule has 1 saturated heterocycles. The van der Waals surface area contributed by atoms with Crippen molar-refractivity contribution in [2.45, 2.75) is 18.4 Å². The maximum Gasteiger partial charge on any atom is 0.0772 e. The van der Waals surface area contributed by atoms with Crippen molar-refractivity contribution >= 4 is 0 Å². The van der Waals surface area contributed by atoms with E-state index in [1.54, 1.807) is 0 Å². The lowest BCUT2D eigenvalue weighted by Gasteiger charge is -2.35. The van der Waals surface area contributed by atoms with Gasteiger partial charge in [-0.1, -0.05) is 30.3 Å². The molecule has 2 rings (SSSR count). The summed E-state index contributed by atoms with van der Waals surface area (Å²) in [7, 11) is 2.08. The Balaban J connectivity index is 1.94. The molecule has 0 saturated carbocycles. The van der Waals surface area contributed by atoms with E-state index in [0.717, 1.165) is 38.2 Å². The van der Waals surface area contributed by atoms with Gasteiger partial charge >= 0.3 is 0 Å². The topological polar surface area (TPSA) is 58.7 Å². The second kappa shape index (κ2) is 7.18. The van der Waals surface area contributed by atoms with Crippen LogP contribution in [-0.4, -0.2) is 50.0 Å². The van der Waals surface area contributed by atoms with Crippen LogP contribution in [0.2, 0.25) is 0 Å². The highest BCUT2D eigenvalue weighted by molar-refractivity contribution is 5.24. The summed E-state index contributed by atoms with van der Waals surface area (Å²) in [5.74, 6) is 0.674. The molecule has 20 heavy (non-hydrogen) atoms. The van der Waals surface area contributed by atoms with Crippen LogP contribution in [0.5, 0.6) is 0 Å². The van der Waals surface area contributed by atoms with Crippen LogP contribution in [0.25, 0.3) is 0 Å². The average Bonchev–Trinajstić information content (AvgIpc) is 2.49. The van der Waals surface area contributed by atoms with Gasteiger partial charge in [0.15, 0.2) is 0 Å². The molecule has 3 N–H and O–H groups in total. The molecule has 0 aliphatic carbocycles. The van der Waals surface area contributed by atoms with Crippen LogP contribution in [0, 0.1) is 5.92 Å². The van der Waals surface area contributed by atoms with Crippen LogP contribution in [0.15, 0.2) is 30.3 Å². The van der Waals surface area contributed by atoms with E-state index in [1.807, 2.05) is 30.3 Å². The molecule has 4 heteroatoms. The first kappa shape index (κ1) is 15.4. The maximum atomic E-state index is 9.72. The van der Waals surface area contributed by atoms with Gasteiger partial charge < -0.3 is 20.5 Å². The minimum atomic E-state index is -0.693. The van der Waals surface area contributed by atoms with E-state index in [-0.39, 0.29) is 6.61 Å². The summed E-state index contributed by atoms with van der Waals surface area (Å²) >= 11 is 0. The van der Waals surface area contributed by atoms with Gasteiger partial charge in [0.1, 0.15) is 0 Å². The first-order valence-corrected chi connectivity index (χ1v) is 7.35. The molecule has 1 aromatic rings. The Labute approximate surface area is 121 Å². The van der Waals surface area contributed by atoms with Crippen LogP contribution in [0.3, 0.4) is 0 Å². The highest BCUT2D eigenvalue weighted by Gasteiger charge is 2.29. The van der Waals surface area contributed by atoms with Crippen molar-refractivity contribution < 1.29 is 9.84 Å². The van der Waals surface area contributed by atoms with Gasteiger partial charge in [0, 0.05) is 26.3 Å². The second-order valence-electron chi connectivity index (χ2n) is 5.93. The lowest BCUT2D eigenvalue weighted by Crippen LogP contribution is -2.50. The predicted molar refractivity (Wildman–Crippen MR) is 80.4 cm³/mol. The third-order valence-corrected chi connectivity index (χ3v) is 4.09. The number of ether oxygens (including phenoxy) is 1. The second-order valence-corrected chi connectivity index (χ2v) is 5.93. The molecule has 1 heterocycles. The maximum absolute atomic E-state index is 9.72. The summed E-state index contributed by atoms with van der Waals surface area (Å²) < 4.78 is 5.39. The summed E-state index contributed by atoms with van der Waals surface area (Å²) in [6, 6.07) is 9.86. The molecule has 1 aromatic carbocycles. The predicted octanol–water partition coefficient (Wildman–Crippen LogP) is 1.19. The highest BCUT2D eigenvalue weighted by Crippen LogP contribution is 2.21. The number of hydrogen-bond acceptors (Lipinski definition) is 4. The number of aliphatic hydroxyl groups excluding tert-OH is 1. The molecule has 0 bridgehead atoms. The van der Waals surface area contributed by atoms with Crippen molar-refractivity contribution in [3.8, 4) is 0 Å². The van der Waals surface area contributed by atoms with E-state index < -0.39 is 5.54 Å². The number of rotatable bonds is 6. The van der Waals surface area contributed by atoms with Gasteiger partial charge in [0.05, 0.1) is 12.1 Å². The Morgan fingerprint density at radius 2 is 1.95 bits per heavy atom. The number of hydrogen-bond donors (Lipinski definition) is 2. The standard InChI is InChI=1S/C16H26N2O2/c1-18(11-14-7-9-20-10-8-14)12-16(17,13-19)15-5-3-2-4-6-15/h2-6,14,19H,7-13,17H2,1H3. The van der Waals surface area contributed by atoms with Gasteiger partial charge in [-0.2, -0.15) is 0 Å². The minimum Gasteiger partial charge on any atom is -0.394 e. The molecule has 0 aromatic heterocycles. The van der Waals surface area contributed by atoms with E-state index in [4.69, 9.17) is 10.5 Å². The number of likely N-dealkylation sites (N-methyl/N-ethyl adjacent to an activating group) is 1. The van der Waals surface area contributed by atoms with Crippen LogP contribution in [0.1, 0.15) is 18.4 Å². The fourth-order valence-electron chi connectivity index (χ4n) is 2.92. The first-order chi connectivity index (χ1) is 9.64. The molecule has 1 aliphatic rings. The van der Waals surface area contributed by atoms with Gasteiger partial charge in [0.2, 0.25) is 0 Å². The van der Waals surface area contributed by atoms with Gasteiger partial charge in [-0.05, 0) is 31.4 Å². The van der Waals surface area contributed by atoms with Crippen LogP contribution in [0.4, 0.5) is 0 Å². The van der Waals surface area contributed by atoms with Crippen molar-refractivity contribution in [1.82, 2.24) is 4.90 Å². The van der Waals surface area contributed by atoms with Crippen molar-refractivity contribution in [2.75, 3.05) is 40.0 Å². The fraction of sp³-hybridized carbons (Fsp3) is 0.625. The molecule has 112 valence electrons. The monoisotopic (exact) mass is 278 g/mol. The summed E-state index contributed by atoms with van der Waals surface area (Å²) in [6.07, 6.45) is 2.23. The molecular weight excluding hydrogens is 252 g/mol. The molecule has 0 radical (unpaired) electrons. The van der Waals surface area contributed by atoms with E-state index in [9.17, 15) is 5.11 Å². The largest absolute Gasteiger partial charge is 0.394 e. The molecule has 1 atom stereocenters. The van der Waals surface area contributed by atoms with E-state index in [1.165, 1.54) is 0 Å². The van der Waals surface area contributed by atoms with E-state index in [2.05, 4.69) is 11.9 Å². The zero-order valence-electron chi connectivity index (χ0n) is 12.3. The number of benzene rings is 1. The lowest BCUT2D eigenvalue weighted by molar-refractivity contribution is 0.0503. The van der Waals surface area contributed by atoms with Gasteiger partial charge in [-0.3, -0.25) is 0 Å². The normalized spacial score (nSPS) is 20.0. The minimum absolute atomic E-state index is 0.0465. The Kier molecular flexibility index (Phi) is 5.54. The van der Waals surface area contributed by atoms with Crippen LogP contribution >= 0.6 is 0 Å². The zero-order valence-corrected chi connectivity index (χ0v) is 12.3. The summed E-state index contributed by atoms with van der Waals surface area (Å²) in [6.45, 7) is 3.35. The van der Waals surface area contributed by atoms with E-state index in [0.29, 0.717) is 12.5 Å². The Bertz CT molecular complexity index is 393. The molecule has 1 aliphatic heterocycles. The molecule has 1 unspecified atom stereocenters. The van der Waals surface area contributed by atoms with Crippen LogP contribution < -0.4 is 5.73 Å². The Morgan fingerprint density at radius 1 is 1.30 bits per heavy atom. The van der Waals surface area contributed by atoms with Gasteiger partial charge in [-0.25, -0.2) is 0 Å². The first-order valence-electron chi connectivity index (χ1n) is 7.35. The van der Waals surface area contributed by atoms with E-state index >= 15 is 0 Å². The van der Waals surface area contributed by atoms with Crippen molar-refractivity contribution in [1.29, 1.82) is 0 Å². The third-order valence-electron chi connectivity index (χ3n) is 4.09. The lowest BCUT2D eigenvalue weighted by atomic mass is 9.90. The summed E-state index contributed by atoms with van der Waals surface area (Å²) in [4.78, 5) is 2.24. The Morgan fingerprint density at radius 3 is 2.55 bits per heavy atom. The summed E-state index contributed by atoms with van der Waals surface area (Å²) in [5.41, 5.74) is 6.70. The number of aliphatic hydroxyl groups is 1. The van der Waals surface area contributed by atoms with Crippen molar-refractivity contribution in [3.63, 3.8) is 0 Å². The van der Waals surface area contributed by atoms with Gasteiger partial charge in [0.25, 0.3) is 0 Å². The third kappa shape index (κ3) is 4.03.